The highest BCUT2D eigenvalue weighted by atomic mass is 32.1. The Morgan fingerprint density at radius 1 is 0.941 bits per heavy atom. The average molecular weight is 245 g/mol. The fourth-order valence-electron chi connectivity index (χ4n) is 1.87. The first-order valence-electron chi connectivity index (χ1n) is 5.99. The zero-order valence-corrected chi connectivity index (χ0v) is 11.4. The van der Waals surface area contributed by atoms with E-state index in [1.54, 1.807) is 11.3 Å². The highest BCUT2D eigenvalue weighted by molar-refractivity contribution is 7.12. The monoisotopic (exact) mass is 245 g/mol. The van der Waals surface area contributed by atoms with Crippen LogP contribution in [0.2, 0.25) is 0 Å². The first-order valence-corrected chi connectivity index (χ1v) is 6.81. The summed E-state index contributed by atoms with van der Waals surface area (Å²) in [6.45, 7) is 6.53. The molecule has 1 aromatic heterocycles. The quantitative estimate of drug-likeness (QED) is 0.860. The lowest BCUT2D eigenvalue weighted by molar-refractivity contribution is 0.854. The van der Waals surface area contributed by atoms with Crippen LogP contribution in [0, 0.1) is 6.92 Å². The molecular weight excluding hydrogens is 226 g/mol. The Hall–Kier alpha value is -1.12. The van der Waals surface area contributed by atoms with Gasteiger partial charge in [-0.25, -0.2) is 0 Å². The molecule has 1 heterocycles. The normalized spacial score (nSPS) is 13.0. The highest BCUT2D eigenvalue weighted by Crippen LogP contribution is 2.27. The smallest absolute Gasteiger partial charge is 0.0646 e. The molecule has 1 nitrogen and oxygen atoms in total. The molecule has 2 heteroatoms. The van der Waals surface area contributed by atoms with Gasteiger partial charge in [-0.2, -0.15) is 0 Å². The zero-order valence-electron chi connectivity index (χ0n) is 10.6. The second-order valence-electron chi connectivity index (χ2n) is 4.75. The highest BCUT2D eigenvalue weighted by Gasteiger charge is 2.11. The van der Waals surface area contributed by atoms with Gasteiger partial charge in [0.15, 0.2) is 0 Å². The molecule has 1 unspecified atom stereocenters. The standard InChI is InChI=1S/C15H19NS/c1-10(2)12-5-7-13(8-6-12)15(16)14-9-4-11(3)17-14/h4-10,15H,16H2,1-3H3. The summed E-state index contributed by atoms with van der Waals surface area (Å²) < 4.78 is 0. The zero-order chi connectivity index (χ0) is 12.4. The Morgan fingerprint density at radius 3 is 2.00 bits per heavy atom. The van der Waals surface area contributed by atoms with Crippen LogP contribution in [0.4, 0.5) is 0 Å². The van der Waals surface area contributed by atoms with Crippen LogP contribution in [-0.2, 0) is 0 Å². The van der Waals surface area contributed by atoms with Crippen molar-refractivity contribution in [3.05, 3.63) is 57.3 Å². The van der Waals surface area contributed by atoms with Crippen molar-refractivity contribution in [3.8, 4) is 0 Å². The molecule has 1 atom stereocenters. The summed E-state index contributed by atoms with van der Waals surface area (Å²) in [5, 5.41) is 0. The summed E-state index contributed by atoms with van der Waals surface area (Å²) in [6.07, 6.45) is 0. The predicted octanol–water partition coefficient (Wildman–Crippen LogP) is 4.23. The molecule has 0 fully saturated rings. The lowest BCUT2D eigenvalue weighted by Gasteiger charge is -2.12. The number of thiophene rings is 1. The van der Waals surface area contributed by atoms with Crippen molar-refractivity contribution in [2.24, 2.45) is 5.73 Å². The van der Waals surface area contributed by atoms with Gasteiger partial charge < -0.3 is 5.73 Å². The number of hydrogen-bond donors (Lipinski definition) is 1. The molecule has 0 bridgehead atoms. The lowest BCUT2D eigenvalue weighted by Crippen LogP contribution is -2.10. The largest absolute Gasteiger partial charge is 0.320 e. The molecule has 90 valence electrons. The van der Waals surface area contributed by atoms with E-state index in [0.717, 1.165) is 0 Å². The van der Waals surface area contributed by atoms with Crippen molar-refractivity contribution in [2.75, 3.05) is 0 Å². The summed E-state index contributed by atoms with van der Waals surface area (Å²) in [4.78, 5) is 2.55. The van der Waals surface area contributed by atoms with Crippen LogP contribution in [0.15, 0.2) is 36.4 Å². The topological polar surface area (TPSA) is 26.0 Å². The maximum Gasteiger partial charge on any atom is 0.0646 e. The van der Waals surface area contributed by atoms with Gasteiger partial charge in [-0.15, -0.1) is 11.3 Å². The summed E-state index contributed by atoms with van der Waals surface area (Å²) in [5.41, 5.74) is 8.82. The molecule has 0 amide bonds. The molecule has 0 spiro atoms. The molecule has 2 N–H and O–H groups in total. The third-order valence-electron chi connectivity index (χ3n) is 3.03. The second kappa shape index (κ2) is 5.03. The van der Waals surface area contributed by atoms with Gasteiger partial charge in [-0.3, -0.25) is 0 Å². The molecule has 0 saturated heterocycles. The Bertz CT molecular complexity index is 482. The van der Waals surface area contributed by atoms with E-state index in [-0.39, 0.29) is 6.04 Å². The lowest BCUT2D eigenvalue weighted by atomic mass is 9.99. The Kier molecular flexibility index (Phi) is 3.65. The van der Waals surface area contributed by atoms with Gasteiger partial charge in [0, 0.05) is 9.75 Å². The fraction of sp³-hybridized carbons (Fsp3) is 0.333. The molecule has 0 saturated carbocycles. The van der Waals surface area contributed by atoms with Gasteiger partial charge in [0.25, 0.3) is 0 Å². The number of rotatable bonds is 3. The number of hydrogen-bond acceptors (Lipinski definition) is 2. The van der Waals surface area contributed by atoms with Crippen LogP contribution in [-0.4, -0.2) is 0 Å². The van der Waals surface area contributed by atoms with Crippen LogP contribution in [0.25, 0.3) is 0 Å². The predicted molar refractivity (Wildman–Crippen MR) is 75.6 cm³/mol. The summed E-state index contributed by atoms with van der Waals surface area (Å²) in [6, 6.07) is 12.9. The minimum absolute atomic E-state index is 0.00918. The fourth-order valence-corrected chi connectivity index (χ4v) is 2.78. The van der Waals surface area contributed by atoms with Gasteiger partial charge in [-0.1, -0.05) is 38.1 Å². The Labute approximate surface area is 107 Å². The van der Waals surface area contributed by atoms with Crippen LogP contribution in [0.1, 0.15) is 46.7 Å². The maximum atomic E-state index is 6.27. The second-order valence-corrected chi connectivity index (χ2v) is 6.07. The first kappa shape index (κ1) is 12.3. The van der Waals surface area contributed by atoms with Crippen molar-refractivity contribution in [2.45, 2.75) is 32.7 Å². The van der Waals surface area contributed by atoms with Crippen molar-refractivity contribution < 1.29 is 0 Å². The Balaban J connectivity index is 2.22. The van der Waals surface area contributed by atoms with Gasteiger partial charge in [0.1, 0.15) is 0 Å². The summed E-state index contributed by atoms with van der Waals surface area (Å²) >= 11 is 1.78. The van der Waals surface area contributed by atoms with Crippen LogP contribution < -0.4 is 5.73 Å². The van der Waals surface area contributed by atoms with Crippen LogP contribution in [0.3, 0.4) is 0 Å². The van der Waals surface area contributed by atoms with E-state index in [4.69, 9.17) is 5.73 Å². The number of aryl methyl sites for hydroxylation is 1. The molecular formula is C15H19NS. The SMILES string of the molecule is Cc1ccc(C(N)c2ccc(C(C)C)cc2)s1. The van der Waals surface area contributed by atoms with Crippen LogP contribution in [0.5, 0.6) is 0 Å². The van der Waals surface area contributed by atoms with E-state index in [1.807, 2.05) is 0 Å². The molecule has 17 heavy (non-hydrogen) atoms. The molecule has 1 aromatic carbocycles. The summed E-state index contributed by atoms with van der Waals surface area (Å²) in [7, 11) is 0. The van der Waals surface area contributed by atoms with Gasteiger partial charge in [-0.05, 0) is 36.1 Å². The number of benzene rings is 1. The van der Waals surface area contributed by atoms with Gasteiger partial charge >= 0.3 is 0 Å². The molecule has 0 aliphatic heterocycles. The third kappa shape index (κ3) is 2.76. The molecule has 2 aromatic rings. The number of nitrogens with two attached hydrogens (primary N) is 1. The van der Waals surface area contributed by atoms with E-state index in [1.165, 1.54) is 20.9 Å². The van der Waals surface area contributed by atoms with Crippen LogP contribution >= 0.6 is 11.3 Å². The molecule has 0 aliphatic rings. The van der Waals surface area contributed by atoms with Crippen molar-refractivity contribution >= 4 is 11.3 Å². The molecule has 2 rings (SSSR count). The van der Waals surface area contributed by atoms with E-state index < -0.39 is 0 Å². The average Bonchev–Trinajstić information content (AvgIpc) is 2.75. The Morgan fingerprint density at radius 2 is 1.53 bits per heavy atom. The minimum Gasteiger partial charge on any atom is -0.320 e. The van der Waals surface area contributed by atoms with Gasteiger partial charge in [0.2, 0.25) is 0 Å². The molecule has 0 aliphatic carbocycles. The van der Waals surface area contributed by atoms with E-state index in [2.05, 4.69) is 57.2 Å². The van der Waals surface area contributed by atoms with Crippen molar-refractivity contribution in [1.29, 1.82) is 0 Å². The first-order chi connectivity index (χ1) is 8.08. The van der Waals surface area contributed by atoms with Crippen molar-refractivity contribution in [3.63, 3.8) is 0 Å². The minimum atomic E-state index is 0.00918. The third-order valence-corrected chi connectivity index (χ3v) is 4.11. The molecule has 0 radical (unpaired) electrons. The summed E-state index contributed by atoms with van der Waals surface area (Å²) in [5.74, 6) is 0.573. The maximum absolute atomic E-state index is 6.27. The van der Waals surface area contributed by atoms with Gasteiger partial charge in [0.05, 0.1) is 6.04 Å². The van der Waals surface area contributed by atoms with E-state index in [0.29, 0.717) is 5.92 Å². The van der Waals surface area contributed by atoms with Crippen molar-refractivity contribution in [1.82, 2.24) is 0 Å². The van der Waals surface area contributed by atoms with E-state index in [9.17, 15) is 0 Å². The van der Waals surface area contributed by atoms with E-state index >= 15 is 0 Å².